The third-order valence-electron chi connectivity index (χ3n) is 1.34. The van der Waals surface area contributed by atoms with Crippen molar-refractivity contribution in [2.75, 3.05) is 9.38 Å². The first-order valence-electron chi connectivity index (χ1n) is 3.46. The van der Waals surface area contributed by atoms with E-state index in [2.05, 4.69) is 43.2 Å². The van der Waals surface area contributed by atoms with Gasteiger partial charge in [0.2, 0.25) is 10.0 Å². The maximum absolute atomic E-state index is 11.2. The van der Waals surface area contributed by atoms with Gasteiger partial charge in [0.25, 0.3) is 0 Å². The van der Waals surface area contributed by atoms with Crippen molar-refractivity contribution in [2.45, 2.75) is 0 Å². The summed E-state index contributed by atoms with van der Waals surface area (Å²) in [4.78, 5) is 0. The second-order valence-corrected chi connectivity index (χ2v) is 7.13. The van der Waals surface area contributed by atoms with E-state index in [9.17, 15) is 8.42 Å². The average Bonchev–Trinajstić information content (AvgIpc) is 2.10. The Balaban J connectivity index is 2.99. The number of anilines is 1. The number of nitrogens with one attached hydrogen (secondary N) is 1. The normalized spacial score (nSPS) is 11.4. The Morgan fingerprint density at radius 3 is 2.64 bits per heavy atom. The Kier molecular flexibility index (Phi) is 4.48. The second kappa shape index (κ2) is 5.00. The molecule has 0 unspecified atom stereocenters. The van der Waals surface area contributed by atoms with Crippen molar-refractivity contribution in [3.8, 4) is 0 Å². The van der Waals surface area contributed by atoms with Crippen LogP contribution in [0.2, 0.25) is 5.02 Å². The van der Waals surface area contributed by atoms with Crippen molar-refractivity contribution in [1.82, 2.24) is 0 Å². The van der Waals surface area contributed by atoms with Gasteiger partial charge in [-0.1, -0.05) is 27.5 Å². The van der Waals surface area contributed by atoms with Crippen LogP contribution >= 0.6 is 50.1 Å². The van der Waals surface area contributed by atoms with E-state index < -0.39 is 10.0 Å². The Bertz CT molecular complexity index is 437. The van der Waals surface area contributed by atoms with Crippen molar-refractivity contribution in [2.24, 2.45) is 0 Å². The van der Waals surface area contributed by atoms with Crippen LogP contribution in [0, 0.1) is 3.57 Å². The van der Waals surface area contributed by atoms with E-state index >= 15 is 0 Å². The van der Waals surface area contributed by atoms with Gasteiger partial charge in [0.05, 0.1) is 10.7 Å². The van der Waals surface area contributed by atoms with Crippen LogP contribution in [0.1, 0.15) is 0 Å². The fourth-order valence-corrected chi connectivity index (χ4v) is 2.64. The fourth-order valence-electron chi connectivity index (χ4n) is 0.767. The molecule has 1 aromatic carbocycles. The molecule has 0 aliphatic carbocycles. The lowest BCUT2D eigenvalue weighted by Gasteiger charge is -2.07. The maximum Gasteiger partial charge on any atom is 0.242 e. The van der Waals surface area contributed by atoms with Gasteiger partial charge in [0.1, 0.15) is 4.66 Å². The zero-order valence-electron chi connectivity index (χ0n) is 6.80. The summed E-state index contributed by atoms with van der Waals surface area (Å²) >= 11 is 10.8. The predicted octanol–water partition coefficient (Wildman–Crippen LogP) is 3.04. The second-order valence-electron chi connectivity index (χ2n) is 2.45. The van der Waals surface area contributed by atoms with Crippen LogP contribution in [-0.2, 0) is 10.0 Å². The third kappa shape index (κ3) is 3.56. The zero-order chi connectivity index (χ0) is 10.8. The fraction of sp³-hybridized carbons (Fsp3) is 0.143. The van der Waals surface area contributed by atoms with Crippen molar-refractivity contribution >= 4 is 65.8 Å². The predicted molar refractivity (Wildman–Crippen MR) is 70.5 cm³/mol. The molecule has 3 nitrogen and oxygen atoms in total. The van der Waals surface area contributed by atoms with Crippen molar-refractivity contribution in [1.29, 1.82) is 0 Å². The molecular weight excluding hydrogens is 404 g/mol. The molecule has 0 radical (unpaired) electrons. The van der Waals surface area contributed by atoms with Gasteiger partial charge in [-0.05, 0) is 40.8 Å². The quantitative estimate of drug-likeness (QED) is 0.615. The van der Waals surface area contributed by atoms with Gasteiger partial charge in [-0.15, -0.1) is 0 Å². The van der Waals surface area contributed by atoms with Gasteiger partial charge >= 0.3 is 0 Å². The van der Waals surface area contributed by atoms with Crippen LogP contribution in [0.15, 0.2) is 18.2 Å². The van der Waals surface area contributed by atoms with E-state index in [0.717, 1.165) is 3.57 Å². The summed E-state index contributed by atoms with van der Waals surface area (Å²) in [6.07, 6.45) is 0. The SMILES string of the molecule is O=S(=O)(CBr)Nc1ccc(I)cc1Cl. The molecule has 0 saturated carbocycles. The number of halogens is 3. The highest BCUT2D eigenvalue weighted by atomic mass is 127. The molecule has 0 fully saturated rings. The van der Waals surface area contributed by atoms with E-state index in [-0.39, 0.29) is 4.66 Å². The first-order chi connectivity index (χ1) is 6.44. The highest BCUT2D eigenvalue weighted by molar-refractivity contribution is 14.1. The largest absolute Gasteiger partial charge is 0.281 e. The van der Waals surface area contributed by atoms with Crippen molar-refractivity contribution in [3.63, 3.8) is 0 Å². The minimum atomic E-state index is -3.33. The molecule has 78 valence electrons. The average molecular weight is 410 g/mol. The van der Waals surface area contributed by atoms with Crippen LogP contribution in [0.5, 0.6) is 0 Å². The minimum absolute atomic E-state index is 0.150. The Labute approximate surface area is 110 Å². The molecular formula is C7H6BrClINO2S. The molecule has 0 bridgehead atoms. The lowest BCUT2D eigenvalue weighted by molar-refractivity contribution is 0.606. The summed E-state index contributed by atoms with van der Waals surface area (Å²) in [5.41, 5.74) is 0.395. The number of hydrogen-bond donors (Lipinski definition) is 1. The van der Waals surface area contributed by atoms with Gasteiger partial charge in [-0.3, -0.25) is 4.72 Å². The van der Waals surface area contributed by atoms with Crippen LogP contribution in [0.3, 0.4) is 0 Å². The van der Waals surface area contributed by atoms with E-state index in [1.807, 2.05) is 0 Å². The number of rotatable bonds is 3. The van der Waals surface area contributed by atoms with Crippen molar-refractivity contribution < 1.29 is 8.42 Å². The molecule has 0 atom stereocenters. The molecule has 0 aliphatic rings. The van der Waals surface area contributed by atoms with Gasteiger partial charge in [-0.25, -0.2) is 8.42 Å². The molecule has 14 heavy (non-hydrogen) atoms. The summed E-state index contributed by atoms with van der Waals surface area (Å²) in [7, 11) is -3.33. The highest BCUT2D eigenvalue weighted by Crippen LogP contribution is 2.24. The first-order valence-corrected chi connectivity index (χ1v) is 7.69. The maximum atomic E-state index is 11.2. The molecule has 0 amide bonds. The minimum Gasteiger partial charge on any atom is -0.281 e. The number of sulfonamides is 1. The molecule has 0 heterocycles. The molecule has 1 aromatic rings. The Morgan fingerprint density at radius 2 is 2.14 bits per heavy atom. The molecule has 1 N–H and O–H groups in total. The van der Waals surface area contributed by atoms with E-state index in [0.29, 0.717) is 10.7 Å². The zero-order valence-corrected chi connectivity index (χ0v) is 12.1. The van der Waals surface area contributed by atoms with Crippen LogP contribution < -0.4 is 4.72 Å². The monoisotopic (exact) mass is 409 g/mol. The van der Waals surface area contributed by atoms with Crippen molar-refractivity contribution in [3.05, 3.63) is 26.8 Å². The molecule has 7 heteroatoms. The number of hydrogen-bond acceptors (Lipinski definition) is 2. The molecule has 0 aliphatic heterocycles. The van der Waals surface area contributed by atoms with E-state index in [1.54, 1.807) is 18.2 Å². The van der Waals surface area contributed by atoms with Gasteiger partial charge < -0.3 is 0 Å². The third-order valence-corrected chi connectivity index (χ3v) is 4.95. The number of benzene rings is 1. The summed E-state index contributed by atoms with van der Waals surface area (Å²) in [5, 5.41) is 0.390. The van der Waals surface area contributed by atoms with E-state index in [4.69, 9.17) is 11.6 Å². The number of alkyl halides is 1. The Morgan fingerprint density at radius 1 is 1.50 bits per heavy atom. The van der Waals surface area contributed by atoms with Gasteiger partial charge in [0, 0.05) is 3.57 Å². The summed E-state index contributed by atoms with van der Waals surface area (Å²) in [6, 6.07) is 5.09. The summed E-state index contributed by atoms with van der Waals surface area (Å²) < 4.78 is 25.5. The standard InChI is InChI=1S/C7H6BrClINO2S/c8-4-14(12,13)11-7-2-1-5(10)3-6(7)9/h1-3,11H,4H2. The molecule has 1 rings (SSSR count). The summed E-state index contributed by atoms with van der Waals surface area (Å²) in [6.45, 7) is 0. The first kappa shape index (κ1) is 12.5. The lowest BCUT2D eigenvalue weighted by atomic mass is 10.3. The van der Waals surface area contributed by atoms with E-state index in [1.165, 1.54) is 0 Å². The Hall–Kier alpha value is 0.470. The molecule has 0 aromatic heterocycles. The van der Waals surface area contributed by atoms with Crippen LogP contribution in [0.4, 0.5) is 5.69 Å². The highest BCUT2D eigenvalue weighted by Gasteiger charge is 2.10. The summed E-state index contributed by atoms with van der Waals surface area (Å²) in [5.74, 6) is 0. The van der Waals surface area contributed by atoms with Gasteiger partial charge in [-0.2, -0.15) is 0 Å². The lowest BCUT2D eigenvalue weighted by Crippen LogP contribution is -2.13. The topological polar surface area (TPSA) is 46.2 Å². The van der Waals surface area contributed by atoms with Crippen LogP contribution in [-0.4, -0.2) is 13.1 Å². The van der Waals surface area contributed by atoms with Crippen LogP contribution in [0.25, 0.3) is 0 Å². The molecule has 0 spiro atoms. The smallest absolute Gasteiger partial charge is 0.242 e. The molecule has 0 saturated heterocycles. The van der Waals surface area contributed by atoms with Gasteiger partial charge in [0.15, 0.2) is 0 Å².